The second kappa shape index (κ2) is 7.83. The first-order valence-electron chi connectivity index (χ1n) is 8.39. The molecule has 124 valence electrons. The smallest absolute Gasteiger partial charge is 0.0403 e. The van der Waals surface area contributed by atoms with E-state index < -0.39 is 0 Å². The van der Waals surface area contributed by atoms with Gasteiger partial charge in [-0.1, -0.05) is 80.3 Å². The molecule has 0 aliphatic rings. The molecule has 0 aromatic heterocycles. The Kier molecular flexibility index (Phi) is 5.81. The molecule has 24 heavy (non-hydrogen) atoms. The van der Waals surface area contributed by atoms with Crippen molar-refractivity contribution in [2.75, 3.05) is 0 Å². The van der Waals surface area contributed by atoms with E-state index in [9.17, 15) is 0 Å². The van der Waals surface area contributed by atoms with Crippen molar-refractivity contribution >= 4 is 16.8 Å². The summed E-state index contributed by atoms with van der Waals surface area (Å²) in [5, 5.41) is 3.48. The molecule has 0 spiro atoms. The lowest BCUT2D eigenvalue weighted by Crippen LogP contribution is -2.13. The van der Waals surface area contributed by atoms with E-state index in [1.165, 1.54) is 16.7 Å². The SMILES string of the molecule is C=C(C)c1ccc(CNC(=C)c2ccccc2C(=C)C)c(CC)c1. The van der Waals surface area contributed by atoms with E-state index in [2.05, 4.69) is 62.3 Å². The summed E-state index contributed by atoms with van der Waals surface area (Å²) in [5.41, 5.74) is 9.20. The van der Waals surface area contributed by atoms with Gasteiger partial charge in [0, 0.05) is 17.8 Å². The zero-order chi connectivity index (χ0) is 17.7. The number of rotatable bonds is 7. The lowest BCUT2D eigenvalue weighted by atomic mass is 9.98. The van der Waals surface area contributed by atoms with Crippen molar-refractivity contribution in [2.45, 2.75) is 33.7 Å². The quantitative estimate of drug-likeness (QED) is 0.653. The van der Waals surface area contributed by atoms with Gasteiger partial charge in [-0.2, -0.15) is 0 Å². The molecule has 1 N–H and O–H groups in total. The molecule has 0 fully saturated rings. The normalized spacial score (nSPS) is 10.3. The van der Waals surface area contributed by atoms with Crippen LogP contribution in [0.5, 0.6) is 0 Å². The van der Waals surface area contributed by atoms with Crippen LogP contribution in [0.4, 0.5) is 0 Å². The molecule has 2 rings (SSSR count). The van der Waals surface area contributed by atoms with Crippen LogP contribution in [0.1, 0.15) is 48.6 Å². The fraction of sp³-hybridized carbons (Fsp3) is 0.217. The third-order valence-corrected chi connectivity index (χ3v) is 4.28. The van der Waals surface area contributed by atoms with Crippen LogP contribution >= 0.6 is 0 Å². The van der Waals surface area contributed by atoms with Crippen LogP contribution in [0.15, 0.2) is 62.2 Å². The number of hydrogen-bond donors (Lipinski definition) is 1. The lowest BCUT2D eigenvalue weighted by Gasteiger charge is -2.16. The van der Waals surface area contributed by atoms with Gasteiger partial charge in [0.05, 0.1) is 0 Å². The largest absolute Gasteiger partial charge is 0.381 e. The molecule has 0 amide bonds. The van der Waals surface area contributed by atoms with Crippen molar-refractivity contribution in [3.8, 4) is 0 Å². The average Bonchev–Trinajstić information content (AvgIpc) is 2.59. The predicted octanol–water partition coefficient (Wildman–Crippen LogP) is 6.08. The zero-order valence-electron chi connectivity index (χ0n) is 15.1. The molecule has 0 atom stereocenters. The van der Waals surface area contributed by atoms with Crippen molar-refractivity contribution in [3.63, 3.8) is 0 Å². The third-order valence-electron chi connectivity index (χ3n) is 4.28. The number of hydrogen-bond acceptors (Lipinski definition) is 1. The van der Waals surface area contributed by atoms with Gasteiger partial charge in [-0.05, 0) is 42.5 Å². The Morgan fingerprint density at radius 3 is 2.12 bits per heavy atom. The van der Waals surface area contributed by atoms with E-state index in [1.54, 1.807) is 0 Å². The predicted molar refractivity (Wildman–Crippen MR) is 108 cm³/mol. The highest BCUT2D eigenvalue weighted by Gasteiger charge is 2.08. The number of benzene rings is 2. The second-order valence-electron chi connectivity index (χ2n) is 6.28. The molecule has 0 aliphatic heterocycles. The maximum absolute atomic E-state index is 4.22. The van der Waals surface area contributed by atoms with Crippen LogP contribution in [0, 0.1) is 0 Å². The van der Waals surface area contributed by atoms with Crippen LogP contribution in [0.2, 0.25) is 0 Å². The van der Waals surface area contributed by atoms with Gasteiger partial charge in [0.15, 0.2) is 0 Å². The van der Waals surface area contributed by atoms with Gasteiger partial charge < -0.3 is 5.32 Å². The summed E-state index contributed by atoms with van der Waals surface area (Å²) >= 11 is 0. The van der Waals surface area contributed by atoms with Crippen LogP contribution in [-0.2, 0) is 13.0 Å². The molecule has 0 aliphatic carbocycles. The summed E-state index contributed by atoms with van der Waals surface area (Å²) in [7, 11) is 0. The second-order valence-corrected chi connectivity index (χ2v) is 6.28. The van der Waals surface area contributed by atoms with E-state index >= 15 is 0 Å². The fourth-order valence-corrected chi connectivity index (χ4v) is 2.81. The lowest BCUT2D eigenvalue weighted by molar-refractivity contribution is 0.871. The Bertz CT molecular complexity index is 780. The van der Waals surface area contributed by atoms with Crippen molar-refractivity contribution < 1.29 is 0 Å². The van der Waals surface area contributed by atoms with E-state index in [0.29, 0.717) is 0 Å². The first kappa shape index (κ1) is 17.8. The summed E-state index contributed by atoms with van der Waals surface area (Å²) < 4.78 is 0. The van der Waals surface area contributed by atoms with Gasteiger partial charge in [0.2, 0.25) is 0 Å². The summed E-state index contributed by atoms with van der Waals surface area (Å²) in [6.07, 6.45) is 1.01. The van der Waals surface area contributed by atoms with Crippen molar-refractivity contribution in [1.82, 2.24) is 5.32 Å². The average molecular weight is 317 g/mol. The Morgan fingerprint density at radius 1 is 0.875 bits per heavy atom. The van der Waals surface area contributed by atoms with Crippen molar-refractivity contribution in [3.05, 3.63) is 90.0 Å². The van der Waals surface area contributed by atoms with Gasteiger partial charge >= 0.3 is 0 Å². The Morgan fingerprint density at radius 2 is 1.54 bits per heavy atom. The van der Waals surface area contributed by atoms with Crippen LogP contribution in [0.25, 0.3) is 16.8 Å². The highest BCUT2D eigenvalue weighted by molar-refractivity contribution is 5.76. The number of nitrogens with one attached hydrogen (secondary N) is 1. The molecular weight excluding hydrogens is 290 g/mol. The highest BCUT2D eigenvalue weighted by Crippen LogP contribution is 2.23. The molecule has 0 saturated heterocycles. The zero-order valence-corrected chi connectivity index (χ0v) is 15.1. The molecule has 0 unspecified atom stereocenters. The fourth-order valence-electron chi connectivity index (χ4n) is 2.81. The van der Waals surface area contributed by atoms with Crippen molar-refractivity contribution in [1.29, 1.82) is 0 Å². The molecule has 0 saturated carbocycles. The third kappa shape index (κ3) is 4.05. The van der Waals surface area contributed by atoms with E-state index in [1.807, 2.05) is 26.0 Å². The summed E-state index contributed by atoms with van der Waals surface area (Å²) in [6.45, 7) is 19.3. The van der Waals surface area contributed by atoms with Crippen LogP contribution in [-0.4, -0.2) is 0 Å². The van der Waals surface area contributed by atoms with E-state index in [4.69, 9.17) is 0 Å². The molecule has 0 bridgehead atoms. The number of aryl methyl sites for hydroxylation is 1. The van der Waals surface area contributed by atoms with Gasteiger partial charge in [0.25, 0.3) is 0 Å². The maximum Gasteiger partial charge on any atom is 0.0403 e. The molecule has 1 heteroatoms. The van der Waals surface area contributed by atoms with E-state index in [-0.39, 0.29) is 0 Å². The summed E-state index contributed by atoms with van der Waals surface area (Å²) in [5.74, 6) is 0. The standard InChI is InChI=1S/C23H27N/c1-7-19-14-20(16(2)3)12-13-21(19)15-24-18(6)23-11-9-8-10-22(23)17(4)5/h8-14,24H,2,4,6-7,15H2,1,3,5H3. The van der Waals surface area contributed by atoms with Gasteiger partial charge in [-0.3, -0.25) is 0 Å². The van der Waals surface area contributed by atoms with Gasteiger partial charge in [-0.15, -0.1) is 0 Å². The Labute approximate surface area is 146 Å². The Balaban J connectivity index is 2.18. The first-order chi connectivity index (χ1) is 11.4. The molecular formula is C23H27N. The molecule has 0 radical (unpaired) electrons. The van der Waals surface area contributed by atoms with Gasteiger partial charge in [-0.25, -0.2) is 0 Å². The van der Waals surface area contributed by atoms with Crippen molar-refractivity contribution in [2.24, 2.45) is 0 Å². The minimum atomic E-state index is 0.767. The van der Waals surface area contributed by atoms with Crippen LogP contribution in [0.3, 0.4) is 0 Å². The Hall–Kier alpha value is -2.54. The maximum atomic E-state index is 4.22. The monoisotopic (exact) mass is 317 g/mol. The minimum absolute atomic E-state index is 0.767. The summed E-state index contributed by atoms with van der Waals surface area (Å²) in [6, 6.07) is 14.8. The number of allylic oxidation sites excluding steroid dienone is 2. The topological polar surface area (TPSA) is 12.0 Å². The molecule has 2 aromatic carbocycles. The summed E-state index contributed by atoms with van der Waals surface area (Å²) in [4.78, 5) is 0. The van der Waals surface area contributed by atoms with Crippen LogP contribution < -0.4 is 5.32 Å². The molecule has 0 heterocycles. The molecule has 1 nitrogen and oxygen atoms in total. The first-order valence-corrected chi connectivity index (χ1v) is 8.39. The molecule has 2 aromatic rings. The highest BCUT2D eigenvalue weighted by atomic mass is 14.9. The van der Waals surface area contributed by atoms with Gasteiger partial charge in [0.1, 0.15) is 0 Å². The van der Waals surface area contributed by atoms with E-state index in [0.717, 1.165) is 40.9 Å². The minimum Gasteiger partial charge on any atom is -0.381 e.